The summed E-state index contributed by atoms with van der Waals surface area (Å²) in [6, 6.07) is 4.30. The molecule has 2 aliphatic rings. The van der Waals surface area contributed by atoms with Crippen LogP contribution in [-0.2, 0) is 45.1 Å². The van der Waals surface area contributed by atoms with Gasteiger partial charge in [0.2, 0.25) is 0 Å². The summed E-state index contributed by atoms with van der Waals surface area (Å²) in [5, 5.41) is 0. The van der Waals surface area contributed by atoms with E-state index in [9.17, 15) is 44.3 Å². The fourth-order valence-corrected chi connectivity index (χ4v) is 5.60. The normalized spacial score (nSPS) is 20.1. The Morgan fingerprint density at radius 2 is 1.40 bits per heavy atom. The summed E-state index contributed by atoms with van der Waals surface area (Å²) in [4.78, 5) is 13.9. The van der Waals surface area contributed by atoms with E-state index in [2.05, 4.69) is 0 Å². The average molecular weight is 682 g/mol. The van der Waals surface area contributed by atoms with Crippen LogP contribution in [0.1, 0.15) is 53.3 Å². The number of alkyl halides is 9. The van der Waals surface area contributed by atoms with Crippen LogP contribution in [0.5, 0.6) is 5.75 Å². The molecule has 2 heterocycles. The van der Waals surface area contributed by atoms with Crippen molar-refractivity contribution in [3.8, 4) is 16.9 Å². The van der Waals surface area contributed by atoms with Crippen molar-refractivity contribution in [3.63, 3.8) is 0 Å². The number of cyclic esters (lactones) is 1. The van der Waals surface area contributed by atoms with Gasteiger partial charge in [-0.25, -0.2) is 9.18 Å². The second kappa shape index (κ2) is 11.9. The minimum atomic E-state index is -5.17. The molecule has 16 heteroatoms. The van der Waals surface area contributed by atoms with Crippen molar-refractivity contribution in [1.82, 2.24) is 4.90 Å². The number of halogens is 10. The van der Waals surface area contributed by atoms with E-state index < -0.39 is 77.2 Å². The zero-order valence-electron chi connectivity index (χ0n) is 24.7. The summed E-state index contributed by atoms with van der Waals surface area (Å²) < 4.78 is 159. The molecule has 0 spiro atoms. The Morgan fingerprint density at radius 1 is 0.830 bits per heavy atom. The average Bonchev–Trinajstić information content (AvgIpc) is 3.54. The Bertz CT molecular complexity index is 1650. The van der Waals surface area contributed by atoms with E-state index >= 15 is 4.39 Å². The van der Waals surface area contributed by atoms with Crippen LogP contribution in [0.3, 0.4) is 0 Å². The van der Waals surface area contributed by atoms with Crippen LogP contribution in [0, 0.1) is 5.82 Å². The van der Waals surface area contributed by atoms with E-state index in [4.69, 9.17) is 18.9 Å². The Balaban J connectivity index is 1.59. The summed E-state index contributed by atoms with van der Waals surface area (Å²) in [5.74, 6) is -2.45. The molecule has 5 rings (SSSR count). The molecule has 2 atom stereocenters. The maximum atomic E-state index is 15.2. The SMILES string of the molecule is COc1cc(F)c(C2(C)OCCO2)cc1-c1ccc(C(F)(F)F)cc1CN1C(=O)O[C@H](c2cc(C(F)(F)F)cc(C(F)(F)F)c2)[C@@H]1C. The predicted molar refractivity (Wildman–Crippen MR) is 143 cm³/mol. The lowest BCUT2D eigenvalue weighted by Gasteiger charge is -2.26. The molecule has 2 saturated heterocycles. The number of benzene rings is 3. The maximum Gasteiger partial charge on any atom is 0.416 e. The smallest absolute Gasteiger partial charge is 0.416 e. The van der Waals surface area contributed by atoms with Crippen molar-refractivity contribution in [2.75, 3.05) is 20.3 Å². The van der Waals surface area contributed by atoms with Crippen molar-refractivity contribution in [2.45, 2.75) is 56.9 Å². The van der Waals surface area contributed by atoms with Gasteiger partial charge in [0.25, 0.3) is 0 Å². The Labute approximate surface area is 260 Å². The van der Waals surface area contributed by atoms with Gasteiger partial charge >= 0.3 is 24.6 Å². The van der Waals surface area contributed by atoms with Gasteiger partial charge in [-0.1, -0.05) is 6.07 Å². The minimum absolute atomic E-state index is 0.0413. The largest absolute Gasteiger partial charge is 0.496 e. The highest BCUT2D eigenvalue weighted by Crippen LogP contribution is 2.44. The minimum Gasteiger partial charge on any atom is -0.496 e. The zero-order chi connectivity index (χ0) is 34.7. The van der Waals surface area contributed by atoms with Crippen LogP contribution in [-0.4, -0.2) is 37.4 Å². The summed E-state index contributed by atoms with van der Waals surface area (Å²) >= 11 is 0. The summed E-state index contributed by atoms with van der Waals surface area (Å²) in [5.41, 5.74) is -5.16. The third kappa shape index (κ3) is 6.70. The molecule has 2 aliphatic heterocycles. The first-order valence-electron chi connectivity index (χ1n) is 13.9. The van der Waals surface area contributed by atoms with Gasteiger partial charge in [0.05, 0.1) is 49.6 Å². The predicted octanol–water partition coefficient (Wildman–Crippen LogP) is 8.86. The van der Waals surface area contributed by atoms with Crippen LogP contribution in [0.15, 0.2) is 48.5 Å². The molecule has 0 radical (unpaired) electrons. The lowest BCUT2D eigenvalue weighted by molar-refractivity contribution is -0.151. The molecule has 0 N–H and O–H groups in total. The molecule has 0 bridgehead atoms. The van der Waals surface area contributed by atoms with Crippen molar-refractivity contribution < 1.29 is 67.6 Å². The molecule has 1 amide bonds. The number of carbonyl (C=O) groups is 1. The fraction of sp³-hybridized carbons (Fsp3) is 0.387. The summed E-state index contributed by atoms with van der Waals surface area (Å²) in [7, 11) is 1.20. The van der Waals surface area contributed by atoms with E-state index in [1.54, 1.807) is 0 Å². The Morgan fingerprint density at radius 3 is 1.94 bits per heavy atom. The molecule has 0 aromatic heterocycles. The molecule has 0 saturated carbocycles. The molecule has 254 valence electrons. The second-order valence-corrected chi connectivity index (χ2v) is 11.1. The molecular formula is C31H25F10NO5. The van der Waals surface area contributed by atoms with Gasteiger partial charge in [0, 0.05) is 17.2 Å². The van der Waals surface area contributed by atoms with Gasteiger partial charge in [0.15, 0.2) is 5.79 Å². The third-order valence-electron chi connectivity index (χ3n) is 8.01. The lowest BCUT2D eigenvalue weighted by Crippen LogP contribution is -2.32. The quantitative estimate of drug-likeness (QED) is 0.244. The van der Waals surface area contributed by atoms with Gasteiger partial charge in [-0.3, -0.25) is 4.90 Å². The van der Waals surface area contributed by atoms with Gasteiger partial charge in [-0.15, -0.1) is 0 Å². The molecule has 6 nitrogen and oxygen atoms in total. The van der Waals surface area contributed by atoms with Crippen molar-refractivity contribution in [3.05, 3.63) is 87.7 Å². The number of carbonyl (C=O) groups excluding carboxylic acids is 1. The zero-order valence-corrected chi connectivity index (χ0v) is 24.7. The van der Waals surface area contributed by atoms with E-state index in [0.29, 0.717) is 12.1 Å². The van der Waals surface area contributed by atoms with E-state index in [1.165, 1.54) is 27.0 Å². The van der Waals surface area contributed by atoms with Crippen molar-refractivity contribution in [1.29, 1.82) is 0 Å². The first-order valence-corrected chi connectivity index (χ1v) is 13.9. The van der Waals surface area contributed by atoms with Crippen LogP contribution in [0.2, 0.25) is 0 Å². The number of rotatable bonds is 6. The molecule has 47 heavy (non-hydrogen) atoms. The van der Waals surface area contributed by atoms with E-state index in [-0.39, 0.29) is 47.3 Å². The van der Waals surface area contributed by atoms with Crippen molar-refractivity contribution >= 4 is 6.09 Å². The van der Waals surface area contributed by atoms with E-state index in [0.717, 1.165) is 29.2 Å². The van der Waals surface area contributed by atoms with Gasteiger partial charge in [0.1, 0.15) is 17.7 Å². The monoisotopic (exact) mass is 681 g/mol. The van der Waals surface area contributed by atoms with Gasteiger partial charge in [-0.05, 0) is 66.9 Å². The topological polar surface area (TPSA) is 57.2 Å². The molecule has 0 unspecified atom stereocenters. The van der Waals surface area contributed by atoms with Crippen LogP contribution in [0.4, 0.5) is 48.7 Å². The maximum absolute atomic E-state index is 15.2. The highest BCUT2D eigenvalue weighted by molar-refractivity contribution is 5.76. The van der Waals surface area contributed by atoms with Crippen LogP contribution < -0.4 is 4.74 Å². The number of hydrogen-bond acceptors (Lipinski definition) is 5. The molecular weight excluding hydrogens is 656 g/mol. The first-order chi connectivity index (χ1) is 21.7. The number of nitrogens with zero attached hydrogens (tertiary/aromatic N) is 1. The fourth-order valence-electron chi connectivity index (χ4n) is 5.60. The summed E-state index contributed by atoms with van der Waals surface area (Å²) in [6.45, 7) is 2.34. The van der Waals surface area contributed by atoms with Gasteiger partial charge < -0.3 is 18.9 Å². The molecule has 0 aliphatic carbocycles. The second-order valence-electron chi connectivity index (χ2n) is 11.1. The standard InChI is InChI=1S/C31H25F10NO5/c1-15-26(16-8-19(30(36,37)38)11-20(9-16)31(39,40)41)47-27(43)42(15)14-17-10-18(29(33,34)35)4-5-21(17)22-12-23(24(32)13-25(22)44-3)28(2)45-6-7-46-28/h4-5,8-13,15,26H,6-7,14H2,1-3H3/t15-,26-/m0/s1. The lowest BCUT2D eigenvalue weighted by atomic mass is 9.92. The summed E-state index contributed by atoms with van der Waals surface area (Å²) in [6.07, 6.45) is -18.1. The van der Waals surface area contributed by atoms with Crippen LogP contribution in [0.25, 0.3) is 11.1 Å². The molecule has 3 aromatic carbocycles. The third-order valence-corrected chi connectivity index (χ3v) is 8.01. The molecule has 3 aromatic rings. The number of ether oxygens (including phenoxy) is 4. The van der Waals surface area contributed by atoms with Gasteiger partial charge in [-0.2, -0.15) is 39.5 Å². The highest BCUT2D eigenvalue weighted by Gasteiger charge is 2.44. The molecule has 2 fully saturated rings. The van der Waals surface area contributed by atoms with E-state index in [1.807, 2.05) is 0 Å². The first kappa shape index (κ1) is 34.3. The number of methoxy groups -OCH3 is 1. The number of amides is 1. The van der Waals surface area contributed by atoms with Crippen LogP contribution >= 0.6 is 0 Å². The van der Waals surface area contributed by atoms with Crippen molar-refractivity contribution in [2.24, 2.45) is 0 Å². The highest BCUT2D eigenvalue weighted by atomic mass is 19.4. The Hall–Kier alpha value is -4.05. The Kier molecular flexibility index (Phi) is 8.67. The number of hydrogen-bond donors (Lipinski definition) is 0.